The van der Waals surface area contributed by atoms with Crippen molar-refractivity contribution < 1.29 is 0 Å². The van der Waals surface area contributed by atoms with Gasteiger partial charge in [0.1, 0.15) is 0 Å². The van der Waals surface area contributed by atoms with E-state index in [1.165, 1.54) is 87.9 Å². The molecule has 64 heavy (non-hydrogen) atoms. The molecule has 2 nitrogen and oxygen atoms in total. The van der Waals surface area contributed by atoms with Gasteiger partial charge in [-0.2, -0.15) is 0 Å². The lowest BCUT2D eigenvalue weighted by molar-refractivity contribution is 0.787. The Morgan fingerprint density at radius 2 is 0.984 bits per heavy atom. The first kappa shape index (κ1) is 37.6. The molecule has 11 aromatic rings. The number of allylic oxidation sites excluding steroid dienone is 2. The van der Waals surface area contributed by atoms with Crippen molar-refractivity contribution in [1.82, 2.24) is 4.57 Å². The van der Waals surface area contributed by atoms with Crippen LogP contribution < -0.4 is 4.90 Å². The zero-order valence-electron chi connectivity index (χ0n) is 35.4. The molecule has 1 aromatic heterocycles. The molecule has 0 bridgehead atoms. The van der Waals surface area contributed by atoms with E-state index in [9.17, 15) is 0 Å². The quantitative estimate of drug-likeness (QED) is 0.148. The number of anilines is 2. The second-order valence-corrected chi connectivity index (χ2v) is 16.8. The van der Waals surface area contributed by atoms with Gasteiger partial charge in [-0.3, -0.25) is 0 Å². The summed E-state index contributed by atoms with van der Waals surface area (Å²) < 4.78 is 2.43. The third-order valence-corrected chi connectivity index (χ3v) is 13.1. The highest BCUT2D eigenvalue weighted by Crippen LogP contribution is 2.44. The first-order chi connectivity index (χ1) is 31.7. The van der Waals surface area contributed by atoms with Crippen LogP contribution in [0.1, 0.15) is 12.0 Å². The SMILES string of the molecule is C1=CC(N(c2ccc(-c3ccc4ccccc4c3)cc2)c2cccc(-c3cccc4c3c3c(-c5ccccc5)cccc3n4-c3ccccc3)c2)CC=C1c1cccc2ccccc12. The molecular formula is C62H44N2. The van der Waals surface area contributed by atoms with E-state index in [1.807, 2.05) is 0 Å². The Kier molecular flexibility index (Phi) is 9.34. The van der Waals surface area contributed by atoms with E-state index >= 15 is 0 Å². The van der Waals surface area contributed by atoms with Crippen molar-refractivity contribution in [1.29, 1.82) is 0 Å². The van der Waals surface area contributed by atoms with E-state index < -0.39 is 0 Å². The zero-order chi connectivity index (χ0) is 42.4. The van der Waals surface area contributed by atoms with Crippen molar-refractivity contribution in [3.8, 4) is 39.1 Å². The van der Waals surface area contributed by atoms with Crippen molar-refractivity contribution >= 4 is 60.3 Å². The number of aromatic nitrogens is 1. The van der Waals surface area contributed by atoms with E-state index in [4.69, 9.17) is 0 Å². The molecule has 1 aliphatic carbocycles. The molecule has 0 fully saturated rings. The average Bonchev–Trinajstić information content (AvgIpc) is 3.72. The monoisotopic (exact) mass is 816 g/mol. The Morgan fingerprint density at radius 1 is 0.391 bits per heavy atom. The van der Waals surface area contributed by atoms with Crippen molar-refractivity contribution in [3.05, 3.63) is 254 Å². The lowest BCUT2D eigenvalue weighted by Gasteiger charge is -2.34. The van der Waals surface area contributed by atoms with Gasteiger partial charge in [0, 0.05) is 27.8 Å². The predicted molar refractivity (Wildman–Crippen MR) is 273 cm³/mol. The Hall–Kier alpha value is -8.20. The Morgan fingerprint density at radius 3 is 1.73 bits per heavy atom. The first-order valence-corrected chi connectivity index (χ1v) is 22.3. The molecule has 1 heterocycles. The Bertz CT molecular complexity index is 3570. The molecule has 0 amide bonds. The van der Waals surface area contributed by atoms with Crippen LogP contribution in [0.5, 0.6) is 0 Å². The predicted octanol–water partition coefficient (Wildman–Crippen LogP) is 16.6. The van der Waals surface area contributed by atoms with Crippen molar-refractivity contribution in [3.63, 3.8) is 0 Å². The van der Waals surface area contributed by atoms with Crippen LogP contribution in [0.25, 0.3) is 88.0 Å². The normalized spacial score (nSPS) is 13.8. The lowest BCUT2D eigenvalue weighted by Crippen LogP contribution is -2.30. The minimum absolute atomic E-state index is 0.0981. The topological polar surface area (TPSA) is 8.17 Å². The summed E-state index contributed by atoms with van der Waals surface area (Å²) in [6.07, 6.45) is 8.03. The van der Waals surface area contributed by atoms with E-state index in [0.717, 1.165) is 23.5 Å². The van der Waals surface area contributed by atoms with Crippen LogP contribution in [-0.4, -0.2) is 10.6 Å². The first-order valence-electron chi connectivity index (χ1n) is 22.3. The summed E-state index contributed by atoms with van der Waals surface area (Å²) in [5.74, 6) is 0. The highest BCUT2D eigenvalue weighted by molar-refractivity contribution is 6.20. The van der Waals surface area contributed by atoms with Crippen LogP contribution in [-0.2, 0) is 0 Å². The maximum absolute atomic E-state index is 2.53. The summed E-state index contributed by atoms with van der Waals surface area (Å²) in [5.41, 5.74) is 15.7. The molecule has 1 aliphatic rings. The maximum atomic E-state index is 2.53. The summed E-state index contributed by atoms with van der Waals surface area (Å²) in [4.78, 5) is 2.53. The minimum Gasteiger partial charge on any atom is -0.334 e. The second-order valence-electron chi connectivity index (χ2n) is 16.8. The van der Waals surface area contributed by atoms with Gasteiger partial charge in [-0.1, -0.05) is 194 Å². The summed E-state index contributed by atoms with van der Waals surface area (Å²) in [6.45, 7) is 0. The second kappa shape index (κ2) is 15.9. The largest absolute Gasteiger partial charge is 0.334 e. The van der Waals surface area contributed by atoms with Gasteiger partial charge in [0.05, 0.1) is 17.1 Å². The number of benzene rings is 10. The number of fused-ring (bicyclic) bond motifs is 5. The van der Waals surface area contributed by atoms with Crippen LogP contribution >= 0.6 is 0 Å². The van der Waals surface area contributed by atoms with E-state index in [0.29, 0.717) is 0 Å². The minimum atomic E-state index is 0.0981. The number of para-hydroxylation sites is 1. The van der Waals surface area contributed by atoms with Gasteiger partial charge in [0.25, 0.3) is 0 Å². The fraction of sp³-hybridized carbons (Fsp3) is 0.0323. The molecular weight excluding hydrogens is 773 g/mol. The molecule has 1 unspecified atom stereocenters. The van der Waals surface area contributed by atoms with Gasteiger partial charge in [0.2, 0.25) is 0 Å². The van der Waals surface area contributed by atoms with Crippen molar-refractivity contribution in [2.45, 2.75) is 12.5 Å². The number of nitrogens with zero attached hydrogens (tertiary/aromatic N) is 2. The summed E-state index contributed by atoms with van der Waals surface area (Å²) >= 11 is 0. The highest BCUT2D eigenvalue weighted by Gasteiger charge is 2.24. The average molecular weight is 817 g/mol. The summed E-state index contributed by atoms with van der Waals surface area (Å²) in [6, 6.07) is 84.3. The molecule has 10 aromatic carbocycles. The molecule has 0 N–H and O–H groups in total. The summed E-state index contributed by atoms with van der Waals surface area (Å²) in [7, 11) is 0. The zero-order valence-corrected chi connectivity index (χ0v) is 35.4. The van der Waals surface area contributed by atoms with Gasteiger partial charge in [-0.15, -0.1) is 0 Å². The van der Waals surface area contributed by atoms with Gasteiger partial charge >= 0.3 is 0 Å². The van der Waals surface area contributed by atoms with Crippen LogP contribution in [0.2, 0.25) is 0 Å². The van der Waals surface area contributed by atoms with Crippen molar-refractivity contribution in [2.75, 3.05) is 4.90 Å². The highest BCUT2D eigenvalue weighted by atomic mass is 15.2. The molecule has 0 saturated carbocycles. The van der Waals surface area contributed by atoms with Crippen LogP contribution in [0.4, 0.5) is 11.4 Å². The smallest absolute Gasteiger partial charge is 0.0560 e. The fourth-order valence-corrected chi connectivity index (χ4v) is 10.1. The van der Waals surface area contributed by atoms with Crippen LogP contribution in [0.3, 0.4) is 0 Å². The molecule has 0 spiro atoms. The van der Waals surface area contributed by atoms with Gasteiger partial charge in [-0.25, -0.2) is 0 Å². The number of hydrogen-bond acceptors (Lipinski definition) is 1. The molecule has 2 heteroatoms. The third kappa shape index (κ3) is 6.60. The van der Waals surface area contributed by atoms with E-state index in [2.05, 4.69) is 258 Å². The van der Waals surface area contributed by atoms with Gasteiger partial charge in [-0.05, 0) is 127 Å². The maximum Gasteiger partial charge on any atom is 0.0560 e. The molecule has 0 radical (unpaired) electrons. The van der Waals surface area contributed by atoms with Gasteiger partial charge < -0.3 is 9.47 Å². The Balaban J connectivity index is 1.00. The Labute approximate surface area is 373 Å². The molecule has 12 rings (SSSR count). The van der Waals surface area contributed by atoms with E-state index in [-0.39, 0.29) is 6.04 Å². The number of rotatable bonds is 8. The molecule has 302 valence electrons. The molecule has 0 saturated heterocycles. The van der Waals surface area contributed by atoms with Crippen LogP contribution in [0.15, 0.2) is 249 Å². The van der Waals surface area contributed by atoms with Gasteiger partial charge in [0.15, 0.2) is 0 Å². The lowest BCUT2D eigenvalue weighted by atomic mass is 9.92. The summed E-state index contributed by atoms with van der Waals surface area (Å²) in [5, 5.41) is 7.57. The molecule has 0 aliphatic heterocycles. The third-order valence-electron chi connectivity index (χ3n) is 13.1. The van der Waals surface area contributed by atoms with Crippen molar-refractivity contribution in [2.24, 2.45) is 0 Å². The molecule has 1 atom stereocenters. The number of hydrogen-bond donors (Lipinski definition) is 0. The van der Waals surface area contributed by atoms with Crippen LogP contribution in [0, 0.1) is 0 Å². The standard InChI is InChI=1S/C62H44N2/c1-3-16-46(17-4-1)57-27-13-29-59-61(57)62-58(28-14-30-60(62)64(59)51-22-5-2-6-23-51)50-21-11-24-54(42-50)63(52-37-33-44(34-38-52)49-32-31-43-15-7-8-19-48(43)41-49)53-39-35-47(36-40-53)56-26-12-20-45-18-9-10-25-55(45)56/h1-39,41-42,53H,40H2. The fourth-order valence-electron chi connectivity index (χ4n) is 10.1. The van der Waals surface area contributed by atoms with E-state index in [1.54, 1.807) is 0 Å².